The summed E-state index contributed by atoms with van der Waals surface area (Å²) in [4.78, 5) is 0. The van der Waals surface area contributed by atoms with Gasteiger partial charge < -0.3 is 5.32 Å². The minimum Gasteiger partial charge on any atom is -0.381 e. The molecular formula is C12H13BrN2. The number of nitrogens with zero attached hydrogens (tertiary/aromatic N) is 1. The lowest BCUT2D eigenvalue weighted by molar-refractivity contribution is 0.630. The molecule has 1 aliphatic carbocycles. The van der Waals surface area contributed by atoms with E-state index in [1.807, 2.05) is 18.2 Å². The third-order valence-electron chi connectivity index (χ3n) is 2.97. The van der Waals surface area contributed by atoms with Gasteiger partial charge in [-0.1, -0.05) is 19.9 Å². The fourth-order valence-corrected chi connectivity index (χ4v) is 2.11. The highest BCUT2D eigenvalue weighted by Crippen LogP contribution is 2.47. The summed E-state index contributed by atoms with van der Waals surface area (Å²) < 4.78 is 0.855. The normalized spacial score (nSPS) is 21.9. The van der Waals surface area contributed by atoms with Gasteiger partial charge in [0.2, 0.25) is 0 Å². The predicted octanol–water partition coefficient (Wildman–Crippen LogP) is 3.53. The van der Waals surface area contributed by atoms with Crippen LogP contribution in [-0.2, 0) is 0 Å². The van der Waals surface area contributed by atoms with Crippen molar-refractivity contribution in [3.05, 3.63) is 28.2 Å². The molecule has 3 heteroatoms. The van der Waals surface area contributed by atoms with Gasteiger partial charge in [0.15, 0.2) is 0 Å². The predicted molar refractivity (Wildman–Crippen MR) is 64.7 cm³/mol. The molecule has 2 nitrogen and oxygen atoms in total. The molecule has 0 radical (unpaired) electrons. The highest BCUT2D eigenvalue weighted by atomic mass is 79.9. The number of halogens is 1. The molecule has 0 bridgehead atoms. The quantitative estimate of drug-likeness (QED) is 0.887. The second-order valence-electron chi connectivity index (χ2n) is 4.66. The lowest BCUT2D eigenvalue weighted by atomic mass is 10.1. The van der Waals surface area contributed by atoms with Crippen molar-refractivity contribution in [2.24, 2.45) is 5.41 Å². The van der Waals surface area contributed by atoms with Gasteiger partial charge in [-0.3, -0.25) is 0 Å². The van der Waals surface area contributed by atoms with Crippen LogP contribution in [0.15, 0.2) is 22.7 Å². The number of nitrogens with one attached hydrogen (secondary N) is 1. The summed E-state index contributed by atoms with van der Waals surface area (Å²) >= 11 is 3.38. The molecule has 1 N–H and O–H groups in total. The number of hydrogen-bond acceptors (Lipinski definition) is 2. The summed E-state index contributed by atoms with van der Waals surface area (Å²) in [6.45, 7) is 4.46. The second kappa shape index (κ2) is 3.53. The van der Waals surface area contributed by atoms with Crippen molar-refractivity contribution >= 4 is 21.6 Å². The number of rotatable bonds is 2. The van der Waals surface area contributed by atoms with Crippen molar-refractivity contribution in [2.45, 2.75) is 26.3 Å². The van der Waals surface area contributed by atoms with Gasteiger partial charge in [0.25, 0.3) is 0 Å². The van der Waals surface area contributed by atoms with Gasteiger partial charge in [0, 0.05) is 10.5 Å². The van der Waals surface area contributed by atoms with E-state index in [-0.39, 0.29) is 0 Å². The molecular weight excluding hydrogens is 252 g/mol. The molecule has 1 aromatic rings. The Bertz CT molecular complexity index is 432. The monoisotopic (exact) mass is 264 g/mol. The SMILES string of the molecule is CC1(C)CC1Nc1cccc(Br)c1C#N. The molecule has 1 fully saturated rings. The fourth-order valence-electron chi connectivity index (χ4n) is 1.66. The summed E-state index contributed by atoms with van der Waals surface area (Å²) in [5.74, 6) is 0. The number of benzene rings is 1. The van der Waals surface area contributed by atoms with Crippen LogP contribution in [0.2, 0.25) is 0 Å². The third-order valence-corrected chi connectivity index (χ3v) is 3.63. The van der Waals surface area contributed by atoms with E-state index in [1.54, 1.807) is 0 Å². The Morgan fingerprint density at radius 1 is 1.53 bits per heavy atom. The molecule has 0 amide bonds. The van der Waals surface area contributed by atoms with Gasteiger partial charge in [0.05, 0.1) is 11.3 Å². The lowest BCUT2D eigenvalue weighted by Crippen LogP contribution is -2.09. The first-order valence-corrected chi connectivity index (χ1v) is 5.79. The fraction of sp³-hybridized carbons (Fsp3) is 0.417. The summed E-state index contributed by atoms with van der Waals surface area (Å²) in [5, 5.41) is 12.5. The maximum Gasteiger partial charge on any atom is 0.103 e. The van der Waals surface area contributed by atoms with Crippen LogP contribution in [-0.4, -0.2) is 6.04 Å². The van der Waals surface area contributed by atoms with Crippen LogP contribution in [0.5, 0.6) is 0 Å². The Balaban J connectivity index is 2.23. The minimum atomic E-state index is 0.370. The van der Waals surface area contributed by atoms with Crippen LogP contribution in [0.3, 0.4) is 0 Å². The number of anilines is 1. The van der Waals surface area contributed by atoms with Gasteiger partial charge >= 0.3 is 0 Å². The van der Waals surface area contributed by atoms with Crippen LogP contribution in [0.4, 0.5) is 5.69 Å². The zero-order valence-electron chi connectivity index (χ0n) is 8.84. The van der Waals surface area contributed by atoms with E-state index in [4.69, 9.17) is 5.26 Å². The molecule has 0 aromatic heterocycles. The van der Waals surface area contributed by atoms with E-state index >= 15 is 0 Å². The third kappa shape index (κ3) is 2.00. The van der Waals surface area contributed by atoms with Crippen LogP contribution in [0.1, 0.15) is 25.8 Å². The zero-order chi connectivity index (χ0) is 11.1. The van der Waals surface area contributed by atoms with E-state index < -0.39 is 0 Å². The van der Waals surface area contributed by atoms with E-state index in [1.165, 1.54) is 6.42 Å². The van der Waals surface area contributed by atoms with E-state index in [0.29, 0.717) is 17.0 Å². The molecule has 0 saturated heterocycles. The molecule has 1 aromatic carbocycles. The molecule has 15 heavy (non-hydrogen) atoms. The van der Waals surface area contributed by atoms with Crippen LogP contribution in [0.25, 0.3) is 0 Å². The van der Waals surface area contributed by atoms with Gasteiger partial charge in [-0.05, 0) is 39.9 Å². The van der Waals surface area contributed by atoms with Crippen LogP contribution in [0, 0.1) is 16.7 Å². The summed E-state index contributed by atoms with van der Waals surface area (Å²) in [6, 6.07) is 8.51. The molecule has 1 saturated carbocycles. The Morgan fingerprint density at radius 2 is 2.20 bits per heavy atom. The van der Waals surface area contributed by atoms with E-state index in [9.17, 15) is 0 Å². The Kier molecular flexibility index (Phi) is 2.47. The summed E-state index contributed by atoms with van der Waals surface area (Å²) in [6.07, 6.45) is 1.17. The molecule has 78 valence electrons. The first-order valence-electron chi connectivity index (χ1n) is 5.00. The lowest BCUT2D eigenvalue weighted by Gasteiger charge is -2.10. The Labute approximate surface area is 98.4 Å². The number of nitriles is 1. The van der Waals surface area contributed by atoms with Crippen LogP contribution >= 0.6 is 15.9 Å². The molecule has 1 aliphatic rings. The van der Waals surface area contributed by atoms with E-state index in [0.717, 1.165) is 10.2 Å². The topological polar surface area (TPSA) is 35.8 Å². The highest BCUT2D eigenvalue weighted by molar-refractivity contribution is 9.10. The van der Waals surface area contributed by atoms with Crippen molar-refractivity contribution in [3.63, 3.8) is 0 Å². The summed E-state index contributed by atoms with van der Waals surface area (Å²) in [5.41, 5.74) is 2.00. The largest absolute Gasteiger partial charge is 0.381 e. The standard InChI is InChI=1S/C12H13BrN2/c1-12(2)6-11(12)15-10-5-3-4-9(13)8(10)7-14/h3-5,11,15H,6H2,1-2H3. The van der Waals surface area contributed by atoms with Gasteiger partial charge in [0.1, 0.15) is 6.07 Å². The molecule has 0 aliphatic heterocycles. The van der Waals surface area contributed by atoms with Crippen molar-refractivity contribution < 1.29 is 0 Å². The Hall–Kier alpha value is -1.01. The van der Waals surface area contributed by atoms with Crippen molar-refractivity contribution in [3.8, 4) is 6.07 Å². The molecule has 0 spiro atoms. The zero-order valence-corrected chi connectivity index (χ0v) is 10.4. The maximum atomic E-state index is 9.04. The van der Waals surface area contributed by atoms with Gasteiger partial charge in [-0.25, -0.2) is 0 Å². The Morgan fingerprint density at radius 3 is 2.73 bits per heavy atom. The second-order valence-corrected chi connectivity index (χ2v) is 5.52. The molecule has 1 atom stereocenters. The first-order chi connectivity index (χ1) is 7.04. The van der Waals surface area contributed by atoms with E-state index in [2.05, 4.69) is 41.2 Å². The van der Waals surface area contributed by atoms with Gasteiger partial charge in [-0.15, -0.1) is 0 Å². The maximum absolute atomic E-state index is 9.04. The molecule has 2 rings (SSSR count). The highest BCUT2D eigenvalue weighted by Gasteiger charge is 2.45. The average molecular weight is 265 g/mol. The summed E-state index contributed by atoms with van der Waals surface area (Å²) in [7, 11) is 0. The first kappa shape index (κ1) is 10.5. The van der Waals surface area contributed by atoms with Crippen LogP contribution < -0.4 is 5.32 Å². The van der Waals surface area contributed by atoms with Gasteiger partial charge in [-0.2, -0.15) is 5.26 Å². The molecule has 0 heterocycles. The average Bonchev–Trinajstić information content (AvgIpc) is 2.74. The molecule has 1 unspecified atom stereocenters. The minimum absolute atomic E-state index is 0.370. The van der Waals surface area contributed by atoms with Crippen molar-refractivity contribution in [1.29, 1.82) is 5.26 Å². The van der Waals surface area contributed by atoms with Crippen molar-refractivity contribution in [1.82, 2.24) is 0 Å². The number of hydrogen-bond donors (Lipinski definition) is 1. The van der Waals surface area contributed by atoms with Crippen molar-refractivity contribution in [2.75, 3.05) is 5.32 Å². The smallest absolute Gasteiger partial charge is 0.103 e.